The largest absolute Gasteiger partial charge is 0.445 e. The van der Waals surface area contributed by atoms with Crippen LogP contribution < -0.4 is 5.32 Å². The van der Waals surface area contributed by atoms with E-state index < -0.39 is 0 Å². The zero-order chi connectivity index (χ0) is 12.8. The van der Waals surface area contributed by atoms with Gasteiger partial charge in [-0.15, -0.1) is 0 Å². The van der Waals surface area contributed by atoms with Gasteiger partial charge in [0.1, 0.15) is 6.61 Å². The van der Waals surface area contributed by atoms with E-state index >= 15 is 0 Å². The molecule has 1 aromatic rings. The van der Waals surface area contributed by atoms with Crippen LogP contribution in [-0.2, 0) is 11.3 Å². The van der Waals surface area contributed by atoms with E-state index in [4.69, 9.17) is 4.74 Å². The molecule has 0 aromatic carbocycles. The van der Waals surface area contributed by atoms with Crippen molar-refractivity contribution in [2.24, 2.45) is 5.92 Å². The van der Waals surface area contributed by atoms with Gasteiger partial charge >= 0.3 is 6.09 Å². The molecule has 0 saturated heterocycles. The van der Waals surface area contributed by atoms with Crippen LogP contribution in [0.3, 0.4) is 0 Å². The van der Waals surface area contributed by atoms with Crippen molar-refractivity contribution in [1.29, 1.82) is 0 Å². The molecule has 4 nitrogen and oxygen atoms in total. The van der Waals surface area contributed by atoms with E-state index in [2.05, 4.69) is 26.2 Å². The van der Waals surface area contributed by atoms with Crippen LogP contribution in [0, 0.1) is 5.92 Å². The number of hydrogen-bond acceptors (Lipinski definition) is 3. The van der Waals surface area contributed by atoms with Gasteiger partial charge in [0.2, 0.25) is 0 Å². The third-order valence-electron chi connectivity index (χ3n) is 3.14. The van der Waals surface area contributed by atoms with Crippen molar-refractivity contribution in [3.05, 3.63) is 28.5 Å². The molecule has 1 aromatic heterocycles. The Kier molecular flexibility index (Phi) is 4.99. The molecule has 1 N–H and O–H groups in total. The summed E-state index contributed by atoms with van der Waals surface area (Å²) in [5.41, 5.74) is 0.875. The van der Waals surface area contributed by atoms with Crippen molar-refractivity contribution in [3.63, 3.8) is 0 Å². The van der Waals surface area contributed by atoms with E-state index in [1.165, 1.54) is 25.7 Å². The maximum atomic E-state index is 11.5. The lowest BCUT2D eigenvalue weighted by atomic mass is 10.1. The average Bonchev–Trinajstić information content (AvgIpc) is 2.87. The average molecular weight is 313 g/mol. The summed E-state index contributed by atoms with van der Waals surface area (Å²) in [6, 6.07) is 1.89. The molecule has 1 saturated carbocycles. The fourth-order valence-corrected chi connectivity index (χ4v) is 2.59. The zero-order valence-corrected chi connectivity index (χ0v) is 11.8. The molecule has 1 aliphatic rings. The molecule has 2 rings (SSSR count). The number of nitrogens with one attached hydrogen (secondary N) is 1. The number of ether oxygens (including phenoxy) is 1. The molecule has 5 heteroatoms. The van der Waals surface area contributed by atoms with Crippen LogP contribution in [0.5, 0.6) is 0 Å². The molecule has 1 aliphatic carbocycles. The van der Waals surface area contributed by atoms with Crippen molar-refractivity contribution in [2.45, 2.75) is 32.3 Å². The summed E-state index contributed by atoms with van der Waals surface area (Å²) in [4.78, 5) is 15.5. The van der Waals surface area contributed by atoms with Gasteiger partial charge < -0.3 is 10.1 Å². The number of aromatic nitrogens is 1. The van der Waals surface area contributed by atoms with Gasteiger partial charge in [-0.25, -0.2) is 4.79 Å². The smallest absolute Gasteiger partial charge is 0.407 e. The minimum absolute atomic E-state index is 0.253. The SMILES string of the molecule is O=C(NCC1CCCC1)OCc1cncc(Br)c1. The van der Waals surface area contributed by atoms with E-state index in [0.717, 1.165) is 16.6 Å². The van der Waals surface area contributed by atoms with Gasteiger partial charge in [-0.1, -0.05) is 12.8 Å². The maximum Gasteiger partial charge on any atom is 0.407 e. The van der Waals surface area contributed by atoms with Crippen molar-refractivity contribution < 1.29 is 9.53 Å². The van der Waals surface area contributed by atoms with E-state index in [0.29, 0.717) is 5.92 Å². The molecule has 0 atom stereocenters. The Balaban J connectivity index is 1.68. The molecular weight excluding hydrogens is 296 g/mol. The lowest BCUT2D eigenvalue weighted by Crippen LogP contribution is -2.28. The molecule has 0 unspecified atom stereocenters. The number of amides is 1. The quantitative estimate of drug-likeness (QED) is 0.928. The third-order valence-corrected chi connectivity index (χ3v) is 3.57. The fourth-order valence-electron chi connectivity index (χ4n) is 2.18. The Bertz CT molecular complexity index is 406. The summed E-state index contributed by atoms with van der Waals surface area (Å²) in [5, 5.41) is 2.82. The molecular formula is C13H17BrN2O2. The van der Waals surface area contributed by atoms with Crippen LogP contribution in [-0.4, -0.2) is 17.6 Å². The van der Waals surface area contributed by atoms with Crippen LogP contribution in [0.15, 0.2) is 22.9 Å². The number of nitrogens with zero attached hydrogens (tertiary/aromatic N) is 1. The topological polar surface area (TPSA) is 51.2 Å². The van der Waals surface area contributed by atoms with Gasteiger partial charge in [0, 0.05) is 29.0 Å². The minimum atomic E-state index is -0.345. The van der Waals surface area contributed by atoms with Crippen LogP contribution in [0.1, 0.15) is 31.2 Å². The van der Waals surface area contributed by atoms with Crippen LogP contribution >= 0.6 is 15.9 Å². The highest BCUT2D eigenvalue weighted by atomic mass is 79.9. The Morgan fingerprint density at radius 1 is 1.44 bits per heavy atom. The highest BCUT2D eigenvalue weighted by Crippen LogP contribution is 2.23. The van der Waals surface area contributed by atoms with Crippen molar-refractivity contribution in [1.82, 2.24) is 10.3 Å². The first kappa shape index (κ1) is 13.3. The summed E-state index contributed by atoms with van der Waals surface area (Å²) >= 11 is 3.33. The Hall–Kier alpha value is -1.10. The fraction of sp³-hybridized carbons (Fsp3) is 0.538. The van der Waals surface area contributed by atoms with Crippen LogP contribution in [0.25, 0.3) is 0 Å². The predicted octanol–water partition coefficient (Wildman–Crippen LogP) is 3.26. The molecule has 0 spiro atoms. The summed E-state index contributed by atoms with van der Waals surface area (Å²) in [7, 11) is 0. The molecule has 0 aliphatic heterocycles. The molecule has 1 fully saturated rings. The second kappa shape index (κ2) is 6.73. The molecule has 98 valence electrons. The van der Waals surface area contributed by atoms with E-state index in [1.54, 1.807) is 12.4 Å². The van der Waals surface area contributed by atoms with Crippen molar-refractivity contribution in [2.75, 3.05) is 6.54 Å². The van der Waals surface area contributed by atoms with Crippen LogP contribution in [0.2, 0.25) is 0 Å². The second-order valence-electron chi connectivity index (χ2n) is 4.62. The molecule has 1 heterocycles. The molecule has 0 radical (unpaired) electrons. The minimum Gasteiger partial charge on any atom is -0.445 e. The summed E-state index contributed by atoms with van der Waals surface area (Å²) in [5.74, 6) is 0.630. The normalized spacial score (nSPS) is 15.6. The number of alkyl carbamates (subject to hydrolysis) is 1. The van der Waals surface area contributed by atoms with Gasteiger partial charge in [0.05, 0.1) is 0 Å². The van der Waals surface area contributed by atoms with E-state index in [1.807, 2.05) is 6.07 Å². The first-order chi connectivity index (χ1) is 8.74. The number of rotatable bonds is 4. The van der Waals surface area contributed by atoms with Gasteiger partial charge in [0.15, 0.2) is 0 Å². The number of hydrogen-bond donors (Lipinski definition) is 1. The van der Waals surface area contributed by atoms with Gasteiger partial charge in [-0.2, -0.15) is 0 Å². The Morgan fingerprint density at radius 3 is 2.94 bits per heavy atom. The number of halogens is 1. The highest BCUT2D eigenvalue weighted by Gasteiger charge is 2.15. The molecule has 18 heavy (non-hydrogen) atoms. The number of carbonyl (C=O) groups excluding carboxylic acids is 1. The lowest BCUT2D eigenvalue weighted by molar-refractivity contribution is 0.138. The number of pyridine rings is 1. The van der Waals surface area contributed by atoms with Gasteiger partial charge in [-0.05, 0) is 40.8 Å². The molecule has 0 bridgehead atoms. The third kappa shape index (κ3) is 4.29. The predicted molar refractivity (Wildman–Crippen MR) is 72.1 cm³/mol. The first-order valence-corrected chi connectivity index (χ1v) is 7.03. The van der Waals surface area contributed by atoms with Gasteiger partial charge in [0.25, 0.3) is 0 Å². The number of carbonyl (C=O) groups is 1. The highest BCUT2D eigenvalue weighted by molar-refractivity contribution is 9.10. The monoisotopic (exact) mass is 312 g/mol. The standard InChI is InChI=1S/C13H17BrN2O2/c14-12-5-11(6-15-8-12)9-18-13(17)16-7-10-3-1-2-4-10/h5-6,8,10H,1-4,7,9H2,(H,16,17). The first-order valence-electron chi connectivity index (χ1n) is 6.24. The van der Waals surface area contributed by atoms with Gasteiger partial charge in [-0.3, -0.25) is 4.98 Å². The Labute approximate surface area is 115 Å². The Morgan fingerprint density at radius 2 is 2.22 bits per heavy atom. The van der Waals surface area contributed by atoms with Crippen molar-refractivity contribution >= 4 is 22.0 Å². The van der Waals surface area contributed by atoms with Crippen LogP contribution in [0.4, 0.5) is 4.79 Å². The summed E-state index contributed by atoms with van der Waals surface area (Å²) in [6.07, 6.45) is 8.04. The lowest BCUT2D eigenvalue weighted by Gasteiger charge is -2.11. The zero-order valence-electron chi connectivity index (χ0n) is 10.2. The van der Waals surface area contributed by atoms with Crippen molar-refractivity contribution in [3.8, 4) is 0 Å². The summed E-state index contributed by atoms with van der Waals surface area (Å²) in [6.45, 7) is 0.985. The molecule has 1 amide bonds. The summed E-state index contributed by atoms with van der Waals surface area (Å²) < 4.78 is 6.02. The van der Waals surface area contributed by atoms with E-state index in [9.17, 15) is 4.79 Å². The second-order valence-corrected chi connectivity index (χ2v) is 5.53. The van der Waals surface area contributed by atoms with E-state index in [-0.39, 0.29) is 12.7 Å². The maximum absolute atomic E-state index is 11.5.